The summed E-state index contributed by atoms with van der Waals surface area (Å²) in [7, 11) is -4.98. The quantitative estimate of drug-likeness (QED) is 0.0508. The normalized spacial score (nSPS) is 13.4. The summed E-state index contributed by atoms with van der Waals surface area (Å²) in [5.41, 5.74) is 12.7. The summed E-state index contributed by atoms with van der Waals surface area (Å²) >= 11 is 23.3. The van der Waals surface area contributed by atoms with Crippen LogP contribution in [0.15, 0.2) is 82.5 Å². The lowest BCUT2D eigenvalue weighted by Crippen LogP contribution is -2.11. The number of aliphatic hydroxyl groups is 1. The van der Waals surface area contributed by atoms with E-state index in [1.807, 2.05) is 42.7 Å². The highest BCUT2D eigenvalue weighted by molar-refractivity contribution is 9.11. The molecular formula is C42H47Br2Cl3N10O3P2. The van der Waals surface area contributed by atoms with Gasteiger partial charge in [0.25, 0.3) is 0 Å². The Bertz CT molecular complexity index is 2560. The molecule has 4 heterocycles. The lowest BCUT2D eigenvalue weighted by molar-refractivity contribution is 0.287. The van der Waals surface area contributed by atoms with Crippen LogP contribution in [0.1, 0.15) is 68.7 Å². The van der Waals surface area contributed by atoms with Crippen molar-refractivity contribution in [2.24, 2.45) is 0 Å². The molecule has 2 aromatic carbocycles. The second kappa shape index (κ2) is 22.5. The topological polar surface area (TPSA) is 196 Å². The fraction of sp³-hybridized carbons (Fsp3) is 0.333. The summed E-state index contributed by atoms with van der Waals surface area (Å²) in [6.45, 7) is 9.32. The van der Waals surface area contributed by atoms with Gasteiger partial charge in [-0.1, -0.05) is 37.1 Å². The third kappa shape index (κ3) is 14.8. The predicted molar refractivity (Wildman–Crippen MR) is 261 cm³/mol. The van der Waals surface area contributed by atoms with Gasteiger partial charge in [0.2, 0.25) is 10.6 Å². The molecule has 8 rings (SSSR count). The van der Waals surface area contributed by atoms with E-state index in [1.165, 1.54) is 31.9 Å². The highest BCUT2D eigenvalue weighted by Crippen LogP contribution is 2.42. The van der Waals surface area contributed by atoms with Crippen LogP contribution in [0.5, 0.6) is 0 Å². The molecule has 328 valence electrons. The number of anilines is 3. The number of unbranched alkanes of at least 4 members (excludes halogenated alkanes) is 1. The molecule has 0 unspecified atom stereocenters. The number of nitrogens with zero attached hydrogens (tertiary/aromatic N) is 8. The van der Waals surface area contributed by atoms with Crippen LogP contribution in [0, 0.1) is 0 Å². The molecule has 2 aliphatic rings. The molecule has 4 N–H and O–H groups in total. The lowest BCUT2D eigenvalue weighted by atomic mass is 10.1. The Morgan fingerprint density at radius 1 is 0.694 bits per heavy atom. The first kappa shape index (κ1) is 49.6. The van der Waals surface area contributed by atoms with E-state index >= 15 is 0 Å². The largest absolute Gasteiger partial charge is 0.398 e. The second-order valence-electron chi connectivity index (χ2n) is 15.2. The van der Waals surface area contributed by atoms with Gasteiger partial charge in [0.05, 0.1) is 49.8 Å². The maximum Gasteiger partial charge on any atom is 0.224 e. The van der Waals surface area contributed by atoms with E-state index in [-0.39, 0.29) is 10.6 Å². The Morgan fingerprint density at radius 2 is 1.19 bits per heavy atom. The zero-order valence-electron chi connectivity index (χ0n) is 34.7. The van der Waals surface area contributed by atoms with Crippen molar-refractivity contribution in [3.8, 4) is 22.5 Å². The molecular weight excluding hydrogens is 1020 g/mol. The standard InChI is InChI=1S/C19H18BrClN5OP.C15H18N3OP.C4HBrCl2N2.C4H10O/c1-28(2,27)17-7-12(16-10-22-15(9-23-16)11-3-4-11)5-6-14(17)25-18-13(20)8-24-19(21)26-18;1-20(2,19)15-7-11(5-6-12(15)16)14-9-17-13(8-18-14)10-3-4-10;5-2-1-8-4(7)9-3(2)6;1-2-3-4-5/h5-11H,3-4H2,1-2H3,(H,24,25,26);5-10H,3-4,16H2,1-2H3;1H;5H,2-4H2,1H3. The number of halogens is 5. The van der Waals surface area contributed by atoms with Crippen LogP contribution in [-0.2, 0) is 9.13 Å². The monoisotopic (exact) mass is 1060 g/mol. The van der Waals surface area contributed by atoms with Crippen molar-refractivity contribution in [1.82, 2.24) is 39.9 Å². The van der Waals surface area contributed by atoms with E-state index < -0.39 is 14.3 Å². The molecule has 6 aromatic rings. The smallest absolute Gasteiger partial charge is 0.224 e. The first-order chi connectivity index (χ1) is 29.4. The molecule has 0 atom stereocenters. The Hall–Kier alpha value is -3.39. The van der Waals surface area contributed by atoms with Crippen LogP contribution in [0.4, 0.5) is 17.2 Å². The number of hydrogen-bond acceptors (Lipinski definition) is 13. The minimum absolute atomic E-state index is 0.131. The predicted octanol–water partition coefficient (Wildman–Crippen LogP) is 11.4. The van der Waals surface area contributed by atoms with Crippen molar-refractivity contribution in [2.45, 2.75) is 57.3 Å². The fourth-order valence-corrected chi connectivity index (χ4v) is 8.84. The van der Waals surface area contributed by atoms with E-state index in [1.54, 1.807) is 51.3 Å². The minimum Gasteiger partial charge on any atom is -0.398 e. The van der Waals surface area contributed by atoms with Gasteiger partial charge in [0, 0.05) is 70.7 Å². The van der Waals surface area contributed by atoms with Crippen LogP contribution >= 0.6 is 80.9 Å². The molecule has 2 saturated carbocycles. The first-order valence-corrected chi connectivity index (χ1v) is 27.5. The third-order valence-corrected chi connectivity index (χ3v) is 14.4. The molecule has 0 amide bonds. The Kier molecular flexibility index (Phi) is 18.0. The van der Waals surface area contributed by atoms with Crippen LogP contribution < -0.4 is 21.7 Å². The minimum atomic E-state index is -2.58. The lowest BCUT2D eigenvalue weighted by Gasteiger charge is -2.17. The summed E-state index contributed by atoms with van der Waals surface area (Å²) in [4.78, 5) is 33.5. The van der Waals surface area contributed by atoms with Crippen LogP contribution in [-0.4, -0.2) is 78.2 Å². The van der Waals surface area contributed by atoms with Gasteiger partial charge in [-0.15, -0.1) is 0 Å². The average molecular weight is 1070 g/mol. The Labute approximate surface area is 393 Å². The molecule has 0 radical (unpaired) electrons. The van der Waals surface area contributed by atoms with Gasteiger partial charge in [-0.2, -0.15) is 4.98 Å². The van der Waals surface area contributed by atoms with Gasteiger partial charge in [-0.3, -0.25) is 19.9 Å². The molecule has 0 bridgehead atoms. The molecule has 0 saturated heterocycles. The van der Waals surface area contributed by atoms with E-state index in [0.29, 0.717) is 60.3 Å². The van der Waals surface area contributed by atoms with Crippen molar-refractivity contribution in [3.63, 3.8) is 0 Å². The van der Waals surface area contributed by atoms with E-state index in [4.69, 9.17) is 45.6 Å². The van der Waals surface area contributed by atoms with Gasteiger partial charge in [0.15, 0.2) is 0 Å². The summed E-state index contributed by atoms with van der Waals surface area (Å²) in [5.74, 6) is 1.68. The van der Waals surface area contributed by atoms with Crippen molar-refractivity contribution in [1.29, 1.82) is 0 Å². The first-order valence-electron chi connectivity index (χ1n) is 19.6. The summed E-state index contributed by atoms with van der Waals surface area (Å²) in [6, 6.07) is 11.3. The number of nitrogens with two attached hydrogens (primary N) is 1. The average Bonchev–Trinajstić information content (AvgIpc) is 4.17. The molecule has 4 aromatic heterocycles. The van der Waals surface area contributed by atoms with Crippen molar-refractivity contribution < 1.29 is 14.2 Å². The molecule has 0 spiro atoms. The molecule has 20 heteroatoms. The van der Waals surface area contributed by atoms with Crippen LogP contribution in [0.2, 0.25) is 15.7 Å². The van der Waals surface area contributed by atoms with Gasteiger partial charge in [-0.25, -0.2) is 15.0 Å². The van der Waals surface area contributed by atoms with Crippen molar-refractivity contribution >= 4 is 109 Å². The molecule has 62 heavy (non-hydrogen) atoms. The van der Waals surface area contributed by atoms with Crippen molar-refractivity contribution in [2.75, 3.05) is 44.3 Å². The van der Waals surface area contributed by atoms with E-state index in [2.05, 4.69) is 84.0 Å². The Morgan fingerprint density at radius 3 is 1.61 bits per heavy atom. The van der Waals surface area contributed by atoms with E-state index in [9.17, 15) is 9.13 Å². The third-order valence-electron chi connectivity index (χ3n) is 9.27. The maximum atomic E-state index is 13.0. The number of nitrogens with one attached hydrogen (secondary N) is 1. The van der Waals surface area contributed by atoms with Crippen molar-refractivity contribution in [3.05, 3.63) is 110 Å². The van der Waals surface area contributed by atoms with Crippen LogP contribution in [0.25, 0.3) is 22.5 Å². The van der Waals surface area contributed by atoms with Gasteiger partial charge >= 0.3 is 0 Å². The summed E-state index contributed by atoms with van der Waals surface area (Å²) in [5, 5.41) is 13.3. The maximum absolute atomic E-state index is 13.0. The molecule has 2 aliphatic carbocycles. The van der Waals surface area contributed by atoms with E-state index in [0.717, 1.165) is 46.7 Å². The molecule has 2 fully saturated rings. The highest BCUT2D eigenvalue weighted by atomic mass is 79.9. The Balaban J connectivity index is 0.000000184. The molecule has 13 nitrogen and oxygen atoms in total. The zero-order valence-corrected chi connectivity index (χ0v) is 42.0. The van der Waals surface area contributed by atoms with Gasteiger partial charge < -0.3 is 25.3 Å². The fourth-order valence-electron chi connectivity index (χ4n) is 5.61. The SMILES string of the molecule is CCCCO.CP(C)(=O)c1cc(-c2cnc(C3CC3)cn2)ccc1N.CP(C)(=O)c1cc(-c2cnc(C3CC3)cn2)ccc1Nc1nc(Cl)ncc1Br.Clc1ncc(Br)c(Cl)n1. The number of hydrogen-bond donors (Lipinski definition) is 3. The highest BCUT2D eigenvalue weighted by Gasteiger charge is 2.26. The molecule has 0 aliphatic heterocycles. The number of rotatable bonds is 10. The number of nitrogen functional groups attached to an aromatic ring is 1. The summed E-state index contributed by atoms with van der Waals surface area (Å²) < 4.78 is 26.5. The summed E-state index contributed by atoms with van der Waals surface area (Å²) in [6.07, 6.45) is 17.2. The zero-order chi connectivity index (χ0) is 45.2. The number of aliphatic hydroxyl groups excluding tert-OH is 1. The van der Waals surface area contributed by atoms with Gasteiger partial charge in [0.1, 0.15) is 25.3 Å². The second-order valence-corrected chi connectivity index (χ2v) is 24.3. The number of aromatic nitrogens is 8. The number of benzene rings is 2. The van der Waals surface area contributed by atoms with Crippen LogP contribution in [0.3, 0.4) is 0 Å². The van der Waals surface area contributed by atoms with Gasteiger partial charge in [-0.05, 0) is 138 Å².